The maximum atomic E-state index is 13.0. The molecule has 17 heavy (non-hydrogen) atoms. The van der Waals surface area contributed by atoms with Gasteiger partial charge in [-0.15, -0.1) is 0 Å². The first-order valence-electron chi connectivity index (χ1n) is 5.07. The molecule has 2 N–H and O–H groups in total. The zero-order chi connectivity index (χ0) is 12.3. The van der Waals surface area contributed by atoms with Gasteiger partial charge in [-0.25, -0.2) is 4.39 Å². The summed E-state index contributed by atoms with van der Waals surface area (Å²) in [6.45, 7) is 0.323. The second kappa shape index (κ2) is 5.06. The summed E-state index contributed by atoms with van der Waals surface area (Å²) >= 11 is 5.84. The zero-order valence-electron chi connectivity index (χ0n) is 8.99. The minimum atomic E-state index is -0.411. The second-order valence-electron chi connectivity index (χ2n) is 3.64. The second-order valence-corrected chi connectivity index (χ2v) is 4.08. The lowest BCUT2D eigenvalue weighted by molar-refractivity contribution is 0.305. The van der Waals surface area contributed by atoms with Crippen LogP contribution in [0.4, 0.5) is 10.1 Å². The molecule has 2 nitrogen and oxygen atoms in total. The molecule has 2 aromatic rings. The third-order valence-electron chi connectivity index (χ3n) is 2.19. The molecular weight excluding hydrogens is 241 g/mol. The summed E-state index contributed by atoms with van der Waals surface area (Å²) in [7, 11) is 0. The van der Waals surface area contributed by atoms with Crippen LogP contribution in [-0.2, 0) is 6.61 Å². The predicted molar refractivity (Wildman–Crippen MR) is 66.6 cm³/mol. The van der Waals surface area contributed by atoms with E-state index < -0.39 is 5.82 Å². The fourth-order valence-corrected chi connectivity index (χ4v) is 1.67. The summed E-state index contributed by atoms with van der Waals surface area (Å²) in [5, 5.41) is 0.643. The van der Waals surface area contributed by atoms with Gasteiger partial charge in [-0.1, -0.05) is 23.7 Å². The standard InChI is InChI=1S/C13H11ClFNO/c14-10-3-1-2-9(4-10)8-17-13-6-11(15)5-12(16)7-13/h1-7H,8,16H2. The molecule has 0 heterocycles. The van der Waals surface area contributed by atoms with Crippen molar-refractivity contribution < 1.29 is 9.13 Å². The zero-order valence-corrected chi connectivity index (χ0v) is 9.75. The molecule has 0 spiro atoms. The Kier molecular flexibility index (Phi) is 3.49. The van der Waals surface area contributed by atoms with Gasteiger partial charge in [0.1, 0.15) is 18.2 Å². The van der Waals surface area contributed by atoms with Crippen molar-refractivity contribution in [2.24, 2.45) is 0 Å². The van der Waals surface area contributed by atoms with E-state index in [2.05, 4.69) is 0 Å². The number of ether oxygens (including phenoxy) is 1. The van der Waals surface area contributed by atoms with E-state index in [1.54, 1.807) is 18.2 Å². The molecule has 4 heteroatoms. The highest BCUT2D eigenvalue weighted by Crippen LogP contribution is 2.19. The Morgan fingerprint density at radius 3 is 2.71 bits per heavy atom. The van der Waals surface area contributed by atoms with Crippen molar-refractivity contribution in [2.45, 2.75) is 6.61 Å². The molecule has 0 amide bonds. The topological polar surface area (TPSA) is 35.2 Å². The van der Waals surface area contributed by atoms with E-state index in [1.165, 1.54) is 12.1 Å². The lowest BCUT2D eigenvalue weighted by Crippen LogP contribution is -1.97. The normalized spacial score (nSPS) is 10.2. The summed E-state index contributed by atoms with van der Waals surface area (Å²) in [4.78, 5) is 0. The number of hydrogen-bond acceptors (Lipinski definition) is 2. The Morgan fingerprint density at radius 2 is 2.00 bits per heavy atom. The molecule has 0 aliphatic heterocycles. The van der Waals surface area contributed by atoms with E-state index in [-0.39, 0.29) is 0 Å². The predicted octanol–water partition coefficient (Wildman–Crippen LogP) is 3.64. The molecule has 0 atom stereocenters. The minimum Gasteiger partial charge on any atom is -0.489 e. The van der Waals surface area contributed by atoms with Crippen LogP contribution in [0.1, 0.15) is 5.56 Å². The van der Waals surface area contributed by atoms with Crippen molar-refractivity contribution in [3.8, 4) is 5.75 Å². The van der Waals surface area contributed by atoms with Gasteiger partial charge in [0.25, 0.3) is 0 Å². The van der Waals surface area contributed by atoms with Crippen molar-refractivity contribution in [1.82, 2.24) is 0 Å². The lowest BCUT2D eigenvalue weighted by Gasteiger charge is -2.07. The highest BCUT2D eigenvalue weighted by Gasteiger charge is 2.00. The maximum absolute atomic E-state index is 13.0. The Morgan fingerprint density at radius 1 is 1.18 bits per heavy atom. The fourth-order valence-electron chi connectivity index (χ4n) is 1.46. The molecule has 2 rings (SSSR count). The van der Waals surface area contributed by atoms with Gasteiger partial charge in [0.05, 0.1) is 0 Å². The Labute approximate surface area is 104 Å². The van der Waals surface area contributed by atoms with Crippen LogP contribution in [0.15, 0.2) is 42.5 Å². The molecule has 0 radical (unpaired) electrons. The van der Waals surface area contributed by atoms with Crippen molar-refractivity contribution in [2.75, 3.05) is 5.73 Å². The summed E-state index contributed by atoms with van der Waals surface area (Å²) in [6.07, 6.45) is 0. The number of halogens is 2. The molecule has 0 aliphatic rings. The Hall–Kier alpha value is -1.74. The van der Waals surface area contributed by atoms with Crippen LogP contribution < -0.4 is 10.5 Å². The van der Waals surface area contributed by atoms with Crippen LogP contribution in [0.3, 0.4) is 0 Å². The van der Waals surface area contributed by atoms with Crippen LogP contribution in [0.25, 0.3) is 0 Å². The molecule has 0 saturated carbocycles. The molecule has 0 saturated heterocycles. The smallest absolute Gasteiger partial charge is 0.128 e. The van der Waals surface area contributed by atoms with Gasteiger partial charge in [0.2, 0.25) is 0 Å². The van der Waals surface area contributed by atoms with Crippen LogP contribution >= 0.6 is 11.6 Å². The molecule has 0 bridgehead atoms. The molecule has 0 fully saturated rings. The van der Waals surface area contributed by atoms with Gasteiger partial charge >= 0.3 is 0 Å². The van der Waals surface area contributed by atoms with Gasteiger partial charge < -0.3 is 10.5 Å². The molecular formula is C13H11ClFNO. The summed E-state index contributed by atoms with van der Waals surface area (Å²) < 4.78 is 18.5. The number of hydrogen-bond donors (Lipinski definition) is 1. The van der Waals surface area contributed by atoms with E-state index in [0.717, 1.165) is 5.56 Å². The molecule has 2 aromatic carbocycles. The molecule has 88 valence electrons. The van der Waals surface area contributed by atoms with Crippen LogP contribution in [0.2, 0.25) is 5.02 Å². The molecule has 0 aliphatic carbocycles. The van der Waals surface area contributed by atoms with Gasteiger partial charge in [-0.05, 0) is 23.8 Å². The third-order valence-corrected chi connectivity index (χ3v) is 2.42. The number of rotatable bonds is 3. The number of benzene rings is 2. The van der Waals surface area contributed by atoms with Gasteiger partial charge in [0, 0.05) is 22.8 Å². The van der Waals surface area contributed by atoms with E-state index in [0.29, 0.717) is 23.1 Å². The maximum Gasteiger partial charge on any atom is 0.128 e. The lowest BCUT2D eigenvalue weighted by atomic mass is 10.2. The summed E-state index contributed by atoms with van der Waals surface area (Å²) in [6, 6.07) is 11.4. The van der Waals surface area contributed by atoms with Crippen LogP contribution in [0, 0.1) is 5.82 Å². The van der Waals surface area contributed by atoms with Crippen molar-refractivity contribution in [3.63, 3.8) is 0 Å². The first-order valence-corrected chi connectivity index (χ1v) is 5.44. The number of nitrogen functional groups attached to an aromatic ring is 1. The van der Waals surface area contributed by atoms with E-state index in [1.807, 2.05) is 12.1 Å². The van der Waals surface area contributed by atoms with Crippen LogP contribution in [-0.4, -0.2) is 0 Å². The summed E-state index contributed by atoms with van der Waals surface area (Å²) in [5.74, 6) is -0.00595. The minimum absolute atomic E-state index is 0.323. The highest BCUT2D eigenvalue weighted by atomic mass is 35.5. The molecule has 0 aromatic heterocycles. The monoisotopic (exact) mass is 251 g/mol. The Balaban J connectivity index is 2.07. The molecule has 0 unspecified atom stereocenters. The first kappa shape index (κ1) is 11.7. The van der Waals surface area contributed by atoms with Gasteiger partial charge in [-0.2, -0.15) is 0 Å². The van der Waals surface area contributed by atoms with Crippen molar-refractivity contribution >= 4 is 17.3 Å². The third kappa shape index (κ3) is 3.36. The fraction of sp³-hybridized carbons (Fsp3) is 0.0769. The highest BCUT2D eigenvalue weighted by molar-refractivity contribution is 6.30. The number of nitrogens with two attached hydrogens (primary N) is 1. The quantitative estimate of drug-likeness (QED) is 0.846. The average molecular weight is 252 g/mol. The average Bonchev–Trinajstić information content (AvgIpc) is 2.25. The van der Waals surface area contributed by atoms with Gasteiger partial charge in [0.15, 0.2) is 0 Å². The number of anilines is 1. The van der Waals surface area contributed by atoms with Crippen LogP contribution in [0.5, 0.6) is 5.75 Å². The van der Waals surface area contributed by atoms with E-state index in [4.69, 9.17) is 22.1 Å². The summed E-state index contributed by atoms with van der Waals surface area (Å²) in [5.41, 5.74) is 6.77. The largest absolute Gasteiger partial charge is 0.489 e. The SMILES string of the molecule is Nc1cc(F)cc(OCc2cccc(Cl)c2)c1. The Bertz CT molecular complexity index is 510. The van der Waals surface area contributed by atoms with E-state index in [9.17, 15) is 4.39 Å². The van der Waals surface area contributed by atoms with Crippen molar-refractivity contribution in [3.05, 3.63) is 58.9 Å². The van der Waals surface area contributed by atoms with Crippen molar-refractivity contribution in [1.29, 1.82) is 0 Å². The van der Waals surface area contributed by atoms with Gasteiger partial charge in [-0.3, -0.25) is 0 Å². The first-order chi connectivity index (χ1) is 8.13. The van der Waals surface area contributed by atoms with E-state index >= 15 is 0 Å².